The molecular weight excluding hydrogens is 398 g/mol. The maximum absolute atomic E-state index is 10.5. The molecule has 3 aromatic rings. The lowest BCUT2D eigenvalue weighted by Crippen LogP contribution is -2.26. The molecule has 0 fully saturated rings. The topological polar surface area (TPSA) is 60.2 Å². The van der Waals surface area contributed by atoms with Gasteiger partial charge in [-0.25, -0.2) is 4.98 Å². The fraction of sp³-hybridized carbons (Fsp3) is 0.0526. The quantitative estimate of drug-likeness (QED) is 0.611. The molecule has 25 heavy (non-hydrogen) atoms. The Bertz CT molecular complexity index is 981. The Labute approximate surface area is 157 Å². The van der Waals surface area contributed by atoms with Gasteiger partial charge in [0.2, 0.25) is 0 Å². The Morgan fingerprint density at radius 2 is 1.80 bits per heavy atom. The van der Waals surface area contributed by atoms with E-state index in [9.17, 15) is 5.11 Å². The Kier molecular flexibility index (Phi) is 4.15. The summed E-state index contributed by atoms with van der Waals surface area (Å²) < 4.78 is 0.887. The zero-order valence-electron chi connectivity index (χ0n) is 13.1. The van der Waals surface area contributed by atoms with E-state index in [1.165, 1.54) is 11.3 Å². The molecule has 0 spiro atoms. The summed E-state index contributed by atoms with van der Waals surface area (Å²) >= 11 is 4.96. The summed E-state index contributed by atoms with van der Waals surface area (Å²) in [4.78, 5) is 6.41. The number of rotatable bonds is 3. The molecule has 0 amide bonds. The minimum Gasteiger partial charge on any atom is -0.510 e. The normalized spacial score (nSPS) is 14.4. The van der Waals surface area contributed by atoms with Crippen molar-refractivity contribution in [2.24, 2.45) is 0 Å². The second-order valence-corrected chi connectivity index (χ2v) is 7.32. The number of halogens is 1. The van der Waals surface area contributed by atoms with Crippen LogP contribution in [0.25, 0.3) is 16.8 Å². The summed E-state index contributed by atoms with van der Waals surface area (Å²) in [7, 11) is 0. The molecule has 6 heteroatoms. The van der Waals surface area contributed by atoms with Crippen molar-refractivity contribution in [2.75, 3.05) is 11.4 Å². The van der Waals surface area contributed by atoms with E-state index < -0.39 is 0 Å². The highest BCUT2D eigenvalue weighted by molar-refractivity contribution is 9.10. The first-order valence-electron chi connectivity index (χ1n) is 7.69. The summed E-state index contributed by atoms with van der Waals surface area (Å²) in [6.45, 7) is 0.275. The van der Waals surface area contributed by atoms with Crippen molar-refractivity contribution >= 4 is 44.4 Å². The molecule has 4 rings (SSSR count). The lowest BCUT2D eigenvalue weighted by molar-refractivity contribution is 0.411. The molecule has 2 aromatic carbocycles. The summed E-state index contributed by atoms with van der Waals surface area (Å²) in [6, 6.07) is 17.6. The second kappa shape index (κ2) is 6.46. The summed E-state index contributed by atoms with van der Waals surface area (Å²) in [5.74, 6) is 0.438. The highest BCUT2D eigenvalue weighted by Gasteiger charge is 2.32. The molecule has 0 bridgehead atoms. The third-order valence-corrected chi connectivity index (χ3v) is 5.56. The third-order valence-electron chi connectivity index (χ3n) is 4.03. The van der Waals surface area contributed by atoms with Gasteiger partial charge in [0, 0.05) is 15.4 Å². The van der Waals surface area contributed by atoms with Crippen molar-refractivity contribution in [2.45, 2.75) is 0 Å². The van der Waals surface area contributed by atoms with E-state index >= 15 is 0 Å². The standard InChI is InChI=1S/C19H14BrN3OS/c20-13-8-4-5-9-15(13)23-10-16(24)17(18(23)21)19-22-14(11-25-19)12-6-2-1-3-7-12/h1-9,11,21,24H,10H2. The molecule has 1 aliphatic rings. The average Bonchev–Trinajstić information content (AvgIpc) is 3.21. The monoisotopic (exact) mass is 411 g/mol. The predicted molar refractivity (Wildman–Crippen MR) is 106 cm³/mol. The van der Waals surface area contributed by atoms with E-state index in [0.29, 0.717) is 10.6 Å². The summed E-state index contributed by atoms with van der Waals surface area (Å²) in [5, 5.41) is 21.6. The van der Waals surface area contributed by atoms with Crippen LogP contribution >= 0.6 is 27.3 Å². The molecule has 1 aromatic heterocycles. The molecule has 0 radical (unpaired) electrons. The zero-order chi connectivity index (χ0) is 17.4. The fourth-order valence-electron chi connectivity index (χ4n) is 2.81. The highest BCUT2D eigenvalue weighted by atomic mass is 79.9. The van der Waals surface area contributed by atoms with Crippen LogP contribution in [0.3, 0.4) is 0 Å². The van der Waals surface area contributed by atoms with Crippen molar-refractivity contribution in [3.63, 3.8) is 0 Å². The van der Waals surface area contributed by atoms with E-state index in [1.54, 1.807) is 4.90 Å². The first-order chi connectivity index (χ1) is 12.1. The van der Waals surface area contributed by atoms with Gasteiger partial charge in [-0.15, -0.1) is 11.3 Å². The molecule has 2 N–H and O–H groups in total. The minimum atomic E-state index is 0.176. The first-order valence-corrected chi connectivity index (χ1v) is 9.37. The van der Waals surface area contributed by atoms with Crippen LogP contribution in [0.15, 0.2) is 70.2 Å². The number of anilines is 1. The van der Waals surface area contributed by atoms with Crippen molar-refractivity contribution in [1.29, 1.82) is 5.41 Å². The molecule has 0 saturated heterocycles. The van der Waals surface area contributed by atoms with Crippen molar-refractivity contribution in [3.8, 4) is 11.3 Å². The average molecular weight is 412 g/mol. The van der Waals surface area contributed by atoms with Gasteiger partial charge in [-0.05, 0) is 28.1 Å². The maximum Gasteiger partial charge on any atom is 0.139 e. The van der Waals surface area contributed by atoms with Gasteiger partial charge in [-0.3, -0.25) is 5.41 Å². The number of hydrogen-bond donors (Lipinski definition) is 2. The Morgan fingerprint density at radius 1 is 1.08 bits per heavy atom. The van der Waals surface area contributed by atoms with Crippen LogP contribution < -0.4 is 4.90 Å². The zero-order valence-corrected chi connectivity index (χ0v) is 15.5. The number of aliphatic hydroxyl groups excluding tert-OH is 1. The molecule has 0 unspecified atom stereocenters. The lowest BCUT2D eigenvalue weighted by atomic mass is 10.2. The molecule has 1 aliphatic heterocycles. The van der Waals surface area contributed by atoms with E-state index in [2.05, 4.69) is 20.9 Å². The molecular formula is C19H14BrN3OS. The number of hydrogen-bond acceptors (Lipinski definition) is 4. The molecule has 4 nitrogen and oxygen atoms in total. The molecule has 2 heterocycles. The van der Waals surface area contributed by atoms with Crippen LogP contribution in [0.4, 0.5) is 5.69 Å². The number of aliphatic hydroxyl groups is 1. The summed E-state index contributed by atoms with van der Waals surface area (Å²) in [5.41, 5.74) is 3.24. The van der Waals surface area contributed by atoms with Gasteiger partial charge in [0.25, 0.3) is 0 Å². The van der Waals surface area contributed by atoms with Gasteiger partial charge in [-0.2, -0.15) is 0 Å². The smallest absolute Gasteiger partial charge is 0.139 e. The van der Waals surface area contributed by atoms with E-state index in [-0.39, 0.29) is 18.1 Å². The second-order valence-electron chi connectivity index (χ2n) is 5.61. The van der Waals surface area contributed by atoms with Crippen molar-refractivity contribution < 1.29 is 5.11 Å². The fourth-order valence-corrected chi connectivity index (χ4v) is 4.20. The van der Waals surface area contributed by atoms with Crippen LogP contribution in [0.5, 0.6) is 0 Å². The van der Waals surface area contributed by atoms with Crippen LogP contribution in [0, 0.1) is 5.41 Å². The molecule has 0 saturated carbocycles. The molecule has 124 valence electrons. The van der Waals surface area contributed by atoms with Crippen molar-refractivity contribution in [1.82, 2.24) is 4.98 Å². The lowest BCUT2D eigenvalue weighted by Gasteiger charge is -2.19. The van der Waals surface area contributed by atoms with Gasteiger partial charge >= 0.3 is 0 Å². The number of benzene rings is 2. The van der Waals surface area contributed by atoms with Crippen molar-refractivity contribution in [3.05, 3.63) is 75.2 Å². The van der Waals surface area contributed by atoms with Gasteiger partial charge in [0.15, 0.2) is 0 Å². The van der Waals surface area contributed by atoms with E-state index in [1.807, 2.05) is 60.0 Å². The van der Waals surface area contributed by atoms with Crippen LogP contribution in [0.1, 0.15) is 5.01 Å². The highest BCUT2D eigenvalue weighted by Crippen LogP contribution is 2.36. The van der Waals surface area contributed by atoms with Crippen LogP contribution in [-0.4, -0.2) is 22.5 Å². The van der Waals surface area contributed by atoms with Gasteiger partial charge < -0.3 is 10.0 Å². The number of aromatic nitrogens is 1. The Hall–Kier alpha value is -2.44. The Morgan fingerprint density at radius 3 is 2.56 bits per heavy atom. The third kappa shape index (κ3) is 2.88. The van der Waals surface area contributed by atoms with Gasteiger partial charge in [-0.1, -0.05) is 42.5 Å². The number of para-hydroxylation sites is 1. The SMILES string of the molecule is N=C1C(c2nc(-c3ccccc3)cs2)=C(O)CN1c1ccccc1Br. The number of nitrogens with one attached hydrogen (secondary N) is 1. The largest absolute Gasteiger partial charge is 0.510 e. The van der Waals surface area contributed by atoms with Gasteiger partial charge in [0.1, 0.15) is 16.6 Å². The number of nitrogens with zero attached hydrogens (tertiary/aromatic N) is 2. The molecule has 0 atom stereocenters. The van der Waals surface area contributed by atoms with Crippen LogP contribution in [-0.2, 0) is 0 Å². The van der Waals surface area contributed by atoms with Gasteiger partial charge in [0.05, 0.1) is 23.5 Å². The number of amidine groups is 1. The minimum absolute atomic E-state index is 0.176. The van der Waals surface area contributed by atoms with E-state index in [4.69, 9.17) is 5.41 Å². The van der Waals surface area contributed by atoms with Crippen LogP contribution in [0.2, 0.25) is 0 Å². The number of thiazole rings is 1. The Balaban J connectivity index is 1.68. The first kappa shape index (κ1) is 16.1. The van der Waals surface area contributed by atoms with E-state index in [0.717, 1.165) is 21.4 Å². The maximum atomic E-state index is 10.5. The predicted octanol–water partition coefficient (Wildman–Crippen LogP) is 5.34. The summed E-state index contributed by atoms with van der Waals surface area (Å²) in [6.07, 6.45) is 0. The molecule has 0 aliphatic carbocycles.